The number of aryl methyl sites for hydroxylation is 4. The monoisotopic (exact) mass is 1440 g/mol. The Kier molecular flexibility index (Phi) is 20.3. The lowest BCUT2D eigenvalue weighted by Gasteiger charge is -2.28. The van der Waals surface area contributed by atoms with Crippen LogP contribution in [0.5, 0.6) is 0 Å². The van der Waals surface area contributed by atoms with Gasteiger partial charge >= 0.3 is 0 Å². The molecule has 4 heteroatoms. The van der Waals surface area contributed by atoms with Crippen LogP contribution in [0.3, 0.4) is 0 Å². The van der Waals surface area contributed by atoms with Crippen LogP contribution in [-0.2, 0) is 0 Å². The van der Waals surface area contributed by atoms with Gasteiger partial charge in [0.05, 0.1) is 17.1 Å². The predicted molar refractivity (Wildman–Crippen MR) is 483 cm³/mol. The predicted octanol–water partition coefficient (Wildman–Crippen LogP) is 31.1. The van der Waals surface area contributed by atoms with Gasteiger partial charge in [-0.3, -0.25) is 0 Å². The highest BCUT2D eigenvalue weighted by Gasteiger charge is 2.21. The second-order valence-corrected chi connectivity index (χ2v) is 28.8. The first-order chi connectivity index (χ1) is 55.2. The number of anilines is 12. The Bertz CT molecular complexity index is 6640. The van der Waals surface area contributed by atoms with Crippen molar-refractivity contribution in [2.75, 3.05) is 19.6 Å². The van der Waals surface area contributed by atoms with Crippen LogP contribution >= 0.6 is 0 Å². The Hall–Kier alpha value is -14.3. The normalized spacial score (nSPS) is 11.0. The molecule has 0 amide bonds. The first-order valence-corrected chi connectivity index (χ1v) is 38.5. The van der Waals surface area contributed by atoms with Crippen molar-refractivity contribution in [1.29, 1.82) is 0 Å². The number of rotatable bonds is 12. The van der Waals surface area contributed by atoms with Gasteiger partial charge in [-0.15, -0.1) is 0 Å². The molecule has 0 atom stereocenters. The highest BCUT2D eigenvalue weighted by atomic mass is 15.2. The smallest absolute Gasteiger partial charge is 0.0540 e. The molecule has 0 saturated carbocycles. The molecule has 0 unspecified atom stereocenters. The summed E-state index contributed by atoms with van der Waals surface area (Å²) in [6.07, 6.45) is 0. The second-order valence-electron chi connectivity index (χ2n) is 28.8. The van der Waals surface area contributed by atoms with Gasteiger partial charge in [-0.2, -0.15) is 0 Å². The maximum absolute atomic E-state index is 2.38. The Morgan fingerprint density at radius 2 is 0.375 bits per heavy atom. The average molecular weight is 1440 g/mol. The van der Waals surface area contributed by atoms with E-state index in [1.165, 1.54) is 154 Å². The van der Waals surface area contributed by atoms with Crippen LogP contribution in [0.4, 0.5) is 68.2 Å². The molecule has 0 bridgehead atoms. The highest BCUT2D eigenvalue weighted by molar-refractivity contribution is 6.04. The van der Waals surface area contributed by atoms with Crippen LogP contribution in [-0.4, -0.2) is 0 Å². The first-order valence-electron chi connectivity index (χ1n) is 38.5. The lowest BCUT2D eigenvalue weighted by atomic mass is 10.0. The lowest BCUT2D eigenvalue weighted by molar-refractivity contribution is 1.27. The molecule has 0 heterocycles. The van der Waals surface area contributed by atoms with Crippen LogP contribution < -0.4 is 19.6 Å². The minimum atomic E-state index is 1.16. The second kappa shape index (κ2) is 32.2. The molecule has 20 rings (SSSR count). The van der Waals surface area contributed by atoms with E-state index in [-0.39, 0.29) is 0 Å². The van der Waals surface area contributed by atoms with Gasteiger partial charge < -0.3 is 19.6 Å². The molecule has 20 aromatic rings. The summed E-state index contributed by atoms with van der Waals surface area (Å²) < 4.78 is 0. The van der Waals surface area contributed by atoms with Crippen LogP contribution in [0, 0.1) is 27.7 Å². The SMILES string of the molecule is Cc1ccc(N(c2ccc3ccccc3c2)c2ccc3ccccc3c2)cc1.Cc1ccc(N(c2ccc3ccccc3c2)c2cccc3ccccc23)cc1.Cc1cccc(N(c2ccc3ccccc3c2)c2cccc3ccccc23)c1.Cc1ccccc1N(c1ccc2ccccc2c1)c1cccc2ccccc12. The first kappa shape index (κ1) is 70.6. The van der Waals surface area contributed by atoms with Crippen molar-refractivity contribution >= 4 is 154 Å². The van der Waals surface area contributed by atoms with Crippen LogP contribution in [0.25, 0.3) is 86.2 Å². The zero-order valence-electron chi connectivity index (χ0n) is 63.4. The zero-order valence-corrected chi connectivity index (χ0v) is 63.4. The van der Waals surface area contributed by atoms with Crippen LogP contribution in [0.15, 0.2) is 437 Å². The third kappa shape index (κ3) is 15.2. The fourth-order valence-electron chi connectivity index (χ4n) is 15.5. The molecule has 20 aromatic carbocycles. The number of hydrogen-bond donors (Lipinski definition) is 0. The van der Waals surface area contributed by atoms with E-state index in [1.54, 1.807) is 0 Å². The third-order valence-corrected chi connectivity index (χ3v) is 21.2. The van der Waals surface area contributed by atoms with Gasteiger partial charge in [0.15, 0.2) is 0 Å². The van der Waals surface area contributed by atoms with E-state index in [4.69, 9.17) is 0 Å². The third-order valence-electron chi connectivity index (χ3n) is 21.2. The van der Waals surface area contributed by atoms with Gasteiger partial charge in [-0.05, 0) is 230 Å². The number of nitrogens with zero attached hydrogens (tertiary/aromatic N) is 4. The summed E-state index contributed by atoms with van der Waals surface area (Å²) >= 11 is 0. The van der Waals surface area contributed by atoms with Crippen molar-refractivity contribution in [3.05, 3.63) is 459 Å². The lowest BCUT2D eigenvalue weighted by Crippen LogP contribution is -2.11. The van der Waals surface area contributed by atoms with Crippen molar-refractivity contribution in [3.63, 3.8) is 0 Å². The number of para-hydroxylation sites is 1. The highest BCUT2D eigenvalue weighted by Crippen LogP contribution is 2.45. The Morgan fingerprint density at radius 1 is 0.134 bits per heavy atom. The summed E-state index contributed by atoms with van der Waals surface area (Å²) in [6, 6.07) is 156. The molecule has 0 radical (unpaired) electrons. The fourth-order valence-corrected chi connectivity index (χ4v) is 15.5. The Morgan fingerprint density at radius 3 is 0.732 bits per heavy atom. The van der Waals surface area contributed by atoms with E-state index >= 15 is 0 Å². The molecule has 536 valence electrons. The number of hydrogen-bond acceptors (Lipinski definition) is 4. The van der Waals surface area contributed by atoms with E-state index in [1.807, 2.05) is 0 Å². The summed E-state index contributed by atoms with van der Waals surface area (Å²) in [4.78, 5) is 9.43. The topological polar surface area (TPSA) is 13.0 Å². The molecule has 0 aliphatic carbocycles. The Balaban J connectivity index is 0.000000108. The van der Waals surface area contributed by atoms with Gasteiger partial charge in [0, 0.05) is 67.3 Å². The number of benzene rings is 20. The maximum atomic E-state index is 2.38. The van der Waals surface area contributed by atoms with Crippen LogP contribution in [0.1, 0.15) is 22.3 Å². The zero-order chi connectivity index (χ0) is 75.7. The molecule has 112 heavy (non-hydrogen) atoms. The Labute approximate surface area is 656 Å². The maximum Gasteiger partial charge on any atom is 0.0540 e. The fraction of sp³-hybridized carbons (Fsp3) is 0.0370. The average Bonchev–Trinajstić information content (AvgIpc) is 0.779. The summed E-state index contributed by atoms with van der Waals surface area (Å²) in [7, 11) is 0. The molecular weight excluding hydrogens is 1350 g/mol. The summed E-state index contributed by atoms with van der Waals surface area (Å²) in [5.41, 5.74) is 19.2. The molecule has 0 aliphatic rings. The molecule has 0 aromatic heterocycles. The van der Waals surface area contributed by atoms with Gasteiger partial charge in [0.2, 0.25) is 0 Å². The molecule has 0 aliphatic heterocycles. The van der Waals surface area contributed by atoms with Crippen molar-refractivity contribution in [3.8, 4) is 0 Å². The van der Waals surface area contributed by atoms with E-state index in [0.29, 0.717) is 0 Å². The molecule has 0 fully saturated rings. The summed E-state index contributed by atoms with van der Waals surface area (Å²) in [5.74, 6) is 0. The quantitative estimate of drug-likeness (QED) is 0.121. The molecule has 0 saturated heterocycles. The molecule has 0 spiro atoms. The van der Waals surface area contributed by atoms with E-state index in [9.17, 15) is 0 Å². The molecule has 0 N–H and O–H groups in total. The largest absolute Gasteiger partial charge is 0.310 e. The van der Waals surface area contributed by atoms with Gasteiger partial charge in [-0.25, -0.2) is 0 Å². The van der Waals surface area contributed by atoms with Crippen molar-refractivity contribution in [2.24, 2.45) is 0 Å². The van der Waals surface area contributed by atoms with E-state index in [2.05, 4.69) is 484 Å². The van der Waals surface area contributed by atoms with Crippen molar-refractivity contribution in [1.82, 2.24) is 0 Å². The summed E-state index contributed by atoms with van der Waals surface area (Å²) in [5, 5.41) is 20.0. The van der Waals surface area contributed by atoms with E-state index < -0.39 is 0 Å². The van der Waals surface area contributed by atoms with Gasteiger partial charge in [0.25, 0.3) is 0 Å². The molecular formula is C108H84N4. The standard InChI is InChI=1S/4C27H21N/c1-20-9-2-7-15-26(20)28(24-18-17-21-10-3-4-12-23(21)19-24)27-16-8-13-22-11-5-6-14-25(22)27;1-20-10-14-25(15-11-20)28(26-16-12-21-6-2-4-8-23(21)18-26)27-17-13-22-7-3-5-9-24(22)19-27;1-20-8-6-13-24(18-20)28(25-17-16-21-9-2-3-11-23(21)19-25)27-15-7-12-22-10-4-5-14-26(22)27;1-20-13-16-24(17-14-20)28(25-18-15-21-7-2-3-9-23(21)19-25)27-12-6-10-22-8-4-5-11-26(22)27/h4*2-19H,1H3. The van der Waals surface area contributed by atoms with Crippen molar-refractivity contribution in [2.45, 2.75) is 27.7 Å². The minimum absolute atomic E-state index is 1.16. The van der Waals surface area contributed by atoms with Crippen LogP contribution in [0.2, 0.25) is 0 Å². The molecule has 4 nitrogen and oxygen atoms in total. The van der Waals surface area contributed by atoms with E-state index in [0.717, 1.165) is 22.7 Å². The number of fused-ring (bicyclic) bond motifs is 8. The summed E-state index contributed by atoms with van der Waals surface area (Å²) in [6.45, 7) is 8.57. The minimum Gasteiger partial charge on any atom is -0.310 e. The van der Waals surface area contributed by atoms with Crippen molar-refractivity contribution < 1.29 is 0 Å². The van der Waals surface area contributed by atoms with Gasteiger partial charge in [-0.1, -0.05) is 327 Å². The van der Waals surface area contributed by atoms with Gasteiger partial charge in [0.1, 0.15) is 0 Å².